The van der Waals surface area contributed by atoms with Crippen molar-refractivity contribution in [2.45, 2.75) is 13.5 Å². The molecule has 0 fully saturated rings. The molecule has 0 saturated carbocycles. The summed E-state index contributed by atoms with van der Waals surface area (Å²) in [6, 6.07) is 15.1. The number of aryl methyl sites for hydroxylation is 1. The van der Waals surface area contributed by atoms with E-state index in [-0.39, 0.29) is 0 Å². The Bertz CT molecular complexity index is 584. The second-order valence-electron chi connectivity index (χ2n) is 4.00. The Morgan fingerprint density at radius 1 is 1.17 bits per heavy atom. The maximum atomic E-state index is 8.84. The molecule has 0 aliphatic rings. The summed E-state index contributed by atoms with van der Waals surface area (Å²) in [5, 5.41) is 9.56. The zero-order chi connectivity index (χ0) is 13.0. The summed E-state index contributed by atoms with van der Waals surface area (Å²) in [5.41, 5.74) is 2.65. The molecule has 3 heteroatoms. The maximum absolute atomic E-state index is 8.84. The van der Waals surface area contributed by atoms with Crippen LogP contribution in [0.3, 0.4) is 0 Å². The highest BCUT2D eigenvalue weighted by molar-refractivity contribution is 6.30. The maximum Gasteiger partial charge on any atom is 0.120 e. The van der Waals surface area contributed by atoms with Crippen LogP contribution in [0.25, 0.3) is 0 Å². The molecule has 2 aromatic rings. The first kappa shape index (κ1) is 12.5. The Morgan fingerprint density at radius 2 is 1.89 bits per heavy atom. The van der Waals surface area contributed by atoms with Gasteiger partial charge in [-0.3, -0.25) is 0 Å². The van der Waals surface area contributed by atoms with Gasteiger partial charge in [0.15, 0.2) is 0 Å². The van der Waals surface area contributed by atoms with Crippen molar-refractivity contribution in [3.05, 3.63) is 64.2 Å². The molecule has 0 radical (unpaired) electrons. The van der Waals surface area contributed by atoms with E-state index < -0.39 is 0 Å². The van der Waals surface area contributed by atoms with E-state index in [1.54, 1.807) is 6.07 Å². The summed E-state index contributed by atoms with van der Waals surface area (Å²) in [5.74, 6) is 0.765. The molecule has 0 saturated heterocycles. The van der Waals surface area contributed by atoms with E-state index in [1.165, 1.54) is 0 Å². The van der Waals surface area contributed by atoms with Gasteiger partial charge in [0.2, 0.25) is 0 Å². The molecule has 0 bridgehead atoms. The fourth-order valence-electron chi connectivity index (χ4n) is 1.60. The van der Waals surface area contributed by atoms with E-state index in [4.69, 9.17) is 21.6 Å². The van der Waals surface area contributed by atoms with Gasteiger partial charge in [-0.25, -0.2) is 0 Å². The standard InChI is InChI=1S/C15H12ClNO/c1-11-8-15(7-4-13(11)9-17)18-10-12-2-5-14(16)6-3-12/h2-8H,10H2,1H3. The molecule has 2 rings (SSSR count). The van der Waals surface area contributed by atoms with Crippen molar-refractivity contribution in [2.75, 3.05) is 0 Å². The van der Waals surface area contributed by atoms with Gasteiger partial charge in [0.25, 0.3) is 0 Å². The molecule has 0 N–H and O–H groups in total. The first-order valence-corrected chi connectivity index (χ1v) is 5.95. The molecular weight excluding hydrogens is 246 g/mol. The molecule has 0 aliphatic carbocycles. The fraction of sp³-hybridized carbons (Fsp3) is 0.133. The average molecular weight is 258 g/mol. The first-order valence-electron chi connectivity index (χ1n) is 5.57. The van der Waals surface area contributed by atoms with Gasteiger partial charge in [-0.05, 0) is 48.4 Å². The summed E-state index contributed by atoms with van der Waals surface area (Å²) in [6.07, 6.45) is 0. The summed E-state index contributed by atoms with van der Waals surface area (Å²) in [6.45, 7) is 2.39. The molecule has 2 nitrogen and oxygen atoms in total. The third kappa shape index (κ3) is 3.03. The minimum absolute atomic E-state index is 0.489. The highest BCUT2D eigenvalue weighted by Gasteiger charge is 2.00. The van der Waals surface area contributed by atoms with Crippen molar-refractivity contribution < 1.29 is 4.74 Å². The van der Waals surface area contributed by atoms with E-state index in [0.29, 0.717) is 17.2 Å². The van der Waals surface area contributed by atoms with Crippen LogP contribution in [0, 0.1) is 18.3 Å². The number of nitrogens with zero attached hydrogens (tertiary/aromatic N) is 1. The topological polar surface area (TPSA) is 33.0 Å². The van der Waals surface area contributed by atoms with E-state index in [9.17, 15) is 0 Å². The molecule has 90 valence electrons. The van der Waals surface area contributed by atoms with E-state index in [1.807, 2.05) is 43.3 Å². The van der Waals surface area contributed by atoms with Crippen molar-refractivity contribution in [3.63, 3.8) is 0 Å². The first-order chi connectivity index (χ1) is 8.69. The van der Waals surface area contributed by atoms with Gasteiger partial charge >= 0.3 is 0 Å². The lowest BCUT2D eigenvalue weighted by Crippen LogP contribution is -1.95. The van der Waals surface area contributed by atoms with Crippen LogP contribution in [0.2, 0.25) is 5.02 Å². The molecule has 0 heterocycles. The summed E-state index contributed by atoms with van der Waals surface area (Å²) in [7, 11) is 0. The van der Waals surface area contributed by atoms with Crippen molar-refractivity contribution in [3.8, 4) is 11.8 Å². The van der Waals surface area contributed by atoms with Crippen LogP contribution in [-0.4, -0.2) is 0 Å². The summed E-state index contributed by atoms with van der Waals surface area (Å²) < 4.78 is 5.66. The molecule has 0 aliphatic heterocycles. The normalized spacial score (nSPS) is 9.83. The average Bonchev–Trinajstić information content (AvgIpc) is 2.38. The predicted molar refractivity (Wildman–Crippen MR) is 71.7 cm³/mol. The Balaban J connectivity index is 2.04. The van der Waals surface area contributed by atoms with Gasteiger partial charge in [0.05, 0.1) is 11.6 Å². The smallest absolute Gasteiger partial charge is 0.120 e. The van der Waals surface area contributed by atoms with E-state index in [0.717, 1.165) is 16.9 Å². The third-order valence-electron chi connectivity index (χ3n) is 2.64. The number of ether oxygens (including phenoxy) is 1. The van der Waals surface area contributed by atoms with Crippen molar-refractivity contribution in [1.82, 2.24) is 0 Å². The van der Waals surface area contributed by atoms with Gasteiger partial charge in [-0.2, -0.15) is 5.26 Å². The zero-order valence-corrected chi connectivity index (χ0v) is 10.7. The van der Waals surface area contributed by atoms with Crippen molar-refractivity contribution in [1.29, 1.82) is 5.26 Å². The monoisotopic (exact) mass is 257 g/mol. The van der Waals surface area contributed by atoms with E-state index in [2.05, 4.69) is 6.07 Å². The minimum Gasteiger partial charge on any atom is -0.489 e. The van der Waals surface area contributed by atoms with Crippen LogP contribution < -0.4 is 4.74 Å². The van der Waals surface area contributed by atoms with Crippen LogP contribution in [0.15, 0.2) is 42.5 Å². The Labute approximate surface area is 111 Å². The van der Waals surface area contributed by atoms with Crippen LogP contribution in [0.1, 0.15) is 16.7 Å². The lowest BCUT2D eigenvalue weighted by Gasteiger charge is -2.07. The van der Waals surface area contributed by atoms with Crippen molar-refractivity contribution in [2.24, 2.45) is 0 Å². The molecule has 0 spiro atoms. The van der Waals surface area contributed by atoms with Crippen LogP contribution in [0.4, 0.5) is 0 Å². The van der Waals surface area contributed by atoms with Crippen LogP contribution in [-0.2, 0) is 6.61 Å². The lowest BCUT2D eigenvalue weighted by atomic mass is 10.1. The second-order valence-corrected chi connectivity index (χ2v) is 4.44. The quantitative estimate of drug-likeness (QED) is 0.829. The number of benzene rings is 2. The highest BCUT2D eigenvalue weighted by Crippen LogP contribution is 2.18. The number of rotatable bonds is 3. The SMILES string of the molecule is Cc1cc(OCc2ccc(Cl)cc2)ccc1C#N. The number of nitriles is 1. The number of hydrogen-bond donors (Lipinski definition) is 0. The van der Waals surface area contributed by atoms with Crippen molar-refractivity contribution >= 4 is 11.6 Å². The van der Waals surface area contributed by atoms with Gasteiger partial charge < -0.3 is 4.74 Å². The predicted octanol–water partition coefficient (Wildman–Crippen LogP) is 4.10. The molecule has 2 aromatic carbocycles. The van der Waals surface area contributed by atoms with Gasteiger partial charge in [-0.15, -0.1) is 0 Å². The van der Waals surface area contributed by atoms with Crippen LogP contribution >= 0.6 is 11.6 Å². The number of hydrogen-bond acceptors (Lipinski definition) is 2. The summed E-state index contributed by atoms with van der Waals surface area (Å²) in [4.78, 5) is 0. The van der Waals surface area contributed by atoms with Gasteiger partial charge in [-0.1, -0.05) is 23.7 Å². The Kier molecular flexibility index (Phi) is 3.86. The molecule has 18 heavy (non-hydrogen) atoms. The molecule has 0 aromatic heterocycles. The van der Waals surface area contributed by atoms with E-state index >= 15 is 0 Å². The second kappa shape index (κ2) is 5.57. The third-order valence-corrected chi connectivity index (χ3v) is 2.89. The van der Waals surface area contributed by atoms with Gasteiger partial charge in [0.1, 0.15) is 12.4 Å². The zero-order valence-electron chi connectivity index (χ0n) is 9.98. The Hall–Kier alpha value is -1.98. The molecular formula is C15H12ClNO. The highest BCUT2D eigenvalue weighted by atomic mass is 35.5. The fourth-order valence-corrected chi connectivity index (χ4v) is 1.72. The van der Waals surface area contributed by atoms with Crippen LogP contribution in [0.5, 0.6) is 5.75 Å². The largest absolute Gasteiger partial charge is 0.489 e. The molecule has 0 amide bonds. The molecule has 0 unspecified atom stereocenters. The lowest BCUT2D eigenvalue weighted by molar-refractivity contribution is 0.306. The number of halogens is 1. The molecule has 0 atom stereocenters. The summed E-state index contributed by atoms with van der Waals surface area (Å²) >= 11 is 5.81. The minimum atomic E-state index is 0.489. The van der Waals surface area contributed by atoms with Gasteiger partial charge in [0, 0.05) is 5.02 Å². The Morgan fingerprint density at radius 3 is 2.50 bits per heavy atom.